The van der Waals surface area contributed by atoms with Gasteiger partial charge in [-0.25, -0.2) is 0 Å². The Morgan fingerprint density at radius 3 is 2.62 bits per heavy atom. The number of nitrogens with one attached hydrogen (secondary N) is 1. The van der Waals surface area contributed by atoms with Gasteiger partial charge in [-0.05, 0) is 36.1 Å². The largest absolute Gasteiger partial charge is 0.495 e. The first-order valence-corrected chi connectivity index (χ1v) is 7.38. The zero-order chi connectivity index (χ0) is 15.5. The second-order valence-corrected chi connectivity index (χ2v) is 6.16. The number of methoxy groups -OCH3 is 1. The third-order valence-corrected chi connectivity index (χ3v) is 3.63. The van der Waals surface area contributed by atoms with Crippen LogP contribution in [0.3, 0.4) is 0 Å². The molecule has 2 aromatic rings. The fourth-order valence-corrected chi connectivity index (χ4v) is 2.29. The number of aromatic nitrogens is 2. The van der Waals surface area contributed by atoms with Gasteiger partial charge in [-0.3, -0.25) is 4.68 Å². The van der Waals surface area contributed by atoms with E-state index in [4.69, 9.17) is 4.74 Å². The van der Waals surface area contributed by atoms with Crippen LogP contribution in [-0.4, -0.2) is 16.9 Å². The van der Waals surface area contributed by atoms with Crippen molar-refractivity contribution >= 4 is 5.69 Å². The van der Waals surface area contributed by atoms with Crippen LogP contribution in [0.5, 0.6) is 5.75 Å². The van der Waals surface area contributed by atoms with Crippen molar-refractivity contribution in [3.8, 4) is 5.75 Å². The number of benzene rings is 1. The van der Waals surface area contributed by atoms with Crippen molar-refractivity contribution in [2.75, 3.05) is 12.4 Å². The Hall–Kier alpha value is -1.97. The number of ether oxygens (including phenoxy) is 1. The normalized spacial score (nSPS) is 11.5. The van der Waals surface area contributed by atoms with Crippen molar-refractivity contribution in [3.63, 3.8) is 0 Å². The molecule has 21 heavy (non-hydrogen) atoms. The summed E-state index contributed by atoms with van der Waals surface area (Å²) in [6, 6.07) is 8.36. The van der Waals surface area contributed by atoms with Gasteiger partial charge in [0.15, 0.2) is 0 Å². The Morgan fingerprint density at radius 2 is 2.00 bits per heavy atom. The molecule has 0 unspecified atom stereocenters. The Bertz CT molecular complexity index is 596. The molecule has 4 heteroatoms. The Morgan fingerprint density at radius 1 is 1.24 bits per heavy atom. The van der Waals surface area contributed by atoms with Gasteiger partial charge in [-0.1, -0.05) is 26.8 Å². The third kappa shape index (κ3) is 3.57. The van der Waals surface area contributed by atoms with Crippen LogP contribution < -0.4 is 10.1 Å². The first kappa shape index (κ1) is 15.4. The van der Waals surface area contributed by atoms with Crippen molar-refractivity contribution in [1.29, 1.82) is 0 Å². The smallest absolute Gasteiger partial charge is 0.141 e. The van der Waals surface area contributed by atoms with E-state index in [2.05, 4.69) is 50.2 Å². The second kappa shape index (κ2) is 6.20. The minimum atomic E-state index is 0.119. The first-order chi connectivity index (χ1) is 9.95. The summed E-state index contributed by atoms with van der Waals surface area (Å²) in [5.74, 6) is 0.866. The van der Waals surface area contributed by atoms with E-state index in [0.717, 1.165) is 24.5 Å². The fourth-order valence-electron chi connectivity index (χ4n) is 2.29. The molecule has 0 atom stereocenters. The molecule has 0 aliphatic rings. The Kier molecular flexibility index (Phi) is 4.56. The van der Waals surface area contributed by atoms with Crippen LogP contribution in [0.15, 0.2) is 30.5 Å². The van der Waals surface area contributed by atoms with Gasteiger partial charge in [0.1, 0.15) is 5.75 Å². The van der Waals surface area contributed by atoms with E-state index in [1.54, 1.807) is 7.11 Å². The van der Waals surface area contributed by atoms with Crippen LogP contribution in [0.2, 0.25) is 0 Å². The molecule has 1 heterocycles. The molecule has 0 saturated carbocycles. The van der Waals surface area contributed by atoms with Gasteiger partial charge < -0.3 is 10.1 Å². The topological polar surface area (TPSA) is 39.1 Å². The number of rotatable bonds is 5. The van der Waals surface area contributed by atoms with Crippen LogP contribution >= 0.6 is 0 Å². The predicted molar refractivity (Wildman–Crippen MR) is 86.9 cm³/mol. The summed E-state index contributed by atoms with van der Waals surface area (Å²) >= 11 is 0. The van der Waals surface area contributed by atoms with Gasteiger partial charge in [0.25, 0.3) is 0 Å². The molecule has 0 amide bonds. The van der Waals surface area contributed by atoms with E-state index in [9.17, 15) is 0 Å². The summed E-state index contributed by atoms with van der Waals surface area (Å²) in [4.78, 5) is 0. The summed E-state index contributed by atoms with van der Waals surface area (Å²) in [6.45, 7) is 10.3. The lowest BCUT2D eigenvalue weighted by molar-refractivity contribution is 0.416. The molecule has 114 valence electrons. The lowest BCUT2D eigenvalue weighted by Gasteiger charge is -2.21. The number of hydrogen-bond acceptors (Lipinski definition) is 3. The molecule has 0 bridgehead atoms. The molecule has 1 aromatic heterocycles. The lowest BCUT2D eigenvalue weighted by atomic mass is 9.87. The molecular weight excluding hydrogens is 262 g/mol. The zero-order valence-electron chi connectivity index (χ0n) is 13.6. The highest BCUT2D eigenvalue weighted by Crippen LogP contribution is 2.31. The zero-order valence-corrected chi connectivity index (χ0v) is 13.6. The minimum Gasteiger partial charge on any atom is -0.495 e. The van der Waals surface area contributed by atoms with Gasteiger partial charge in [0, 0.05) is 12.7 Å². The van der Waals surface area contributed by atoms with E-state index < -0.39 is 0 Å². The monoisotopic (exact) mass is 287 g/mol. The van der Waals surface area contributed by atoms with Crippen LogP contribution in [-0.2, 0) is 18.5 Å². The SMILES string of the molecule is CCn1nccc1CNc1cc(C(C)(C)C)ccc1OC. The maximum atomic E-state index is 5.45. The molecule has 0 spiro atoms. The predicted octanol–water partition coefficient (Wildman–Crippen LogP) is 3.82. The average molecular weight is 287 g/mol. The third-order valence-electron chi connectivity index (χ3n) is 3.63. The first-order valence-electron chi connectivity index (χ1n) is 7.38. The van der Waals surface area contributed by atoms with E-state index in [0.29, 0.717) is 0 Å². The minimum absolute atomic E-state index is 0.119. The Balaban J connectivity index is 2.22. The summed E-state index contributed by atoms with van der Waals surface area (Å²) in [5.41, 5.74) is 3.60. The highest BCUT2D eigenvalue weighted by atomic mass is 16.5. The van der Waals surface area contributed by atoms with Crippen LogP contribution in [0.4, 0.5) is 5.69 Å². The van der Waals surface area contributed by atoms with Gasteiger partial charge in [-0.15, -0.1) is 0 Å². The quantitative estimate of drug-likeness (QED) is 0.908. The van der Waals surface area contributed by atoms with Crippen molar-refractivity contribution < 1.29 is 4.74 Å². The van der Waals surface area contributed by atoms with Gasteiger partial charge >= 0.3 is 0 Å². The maximum absolute atomic E-state index is 5.45. The van der Waals surface area contributed by atoms with Crippen molar-refractivity contribution in [1.82, 2.24) is 9.78 Å². The Labute approximate surface area is 127 Å². The molecule has 1 N–H and O–H groups in total. The molecule has 2 rings (SSSR count). The number of anilines is 1. The molecular formula is C17H25N3O. The van der Waals surface area contributed by atoms with Gasteiger partial charge in [0.05, 0.1) is 25.0 Å². The van der Waals surface area contributed by atoms with E-state index >= 15 is 0 Å². The average Bonchev–Trinajstić information content (AvgIpc) is 2.91. The van der Waals surface area contributed by atoms with Gasteiger partial charge in [-0.2, -0.15) is 5.10 Å². The standard InChI is InChI=1S/C17H25N3O/c1-6-20-14(9-10-19-20)12-18-15-11-13(17(2,3)4)7-8-16(15)21-5/h7-11,18H,6,12H2,1-5H3. The van der Waals surface area contributed by atoms with Crippen molar-refractivity contribution in [3.05, 3.63) is 41.7 Å². The molecule has 4 nitrogen and oxygen atoms in total. The second-order valence-electron chi connectivity index (χ2n) is 6.16. The molecule has 0 fully saturated rings. The summed E-state index contributed by atoms with van der Waals surface area (Å²) in [5, 5.41) is 7.76. The number of aryl methyl sites for hydroxylation is 1. The highest BCUT2D eigenvalue weighted by Gasteiger charge is 2.16. The summed E-state index contributed by atoms with van der Waals surface area (Å²) < 4.78 is 7.45. The molecule has 1 aromatic carbocycles. The van der Waals surface area contributed by atoms with Crippen LogP contribution in [0.1, 0.15) is 39.0 Å². The van der Waals surface area contributed by atoms with Gasteiger partial charge in [0.2, 0.25) is 0 Å². The van der Waals surface area contributed by atoms with E-state index in [1.165, 1.54) is 11.3 Å². The van der Waals surface area contributed by atoms with Crippen molar-refractivity contribution in [2.24, 2.45) is 0 Å². The maximum Gasteiger partial charge on any atom is 0.141 e. The number of hydrogen-bond donors (Lipinski definition) is 1. The lowest BCUT2D eigenvalue weighted by Crippen LogP contribution is -2.13. The van der Waals surface area contributed by atoms with Crippen molar-refractivity contribution in [2.45, 2.75) is 46.2 Å². The summed E-state index contributed by atoms with van der Waals surface area (Å²) in [7, 11) is 1.70. The van der Waals surface area contributed by atoms with E-state index in [1.807, 2.05) is 23.0 Å². The fraction of sp³-hybridized carbons (Fsp3) is 0.471. The highest BCUT2D eigenvalue weighted by molar-refractivity contribution is 5.59. The molecule has 0 aliphatic carbocycles. The molecule has 0 aliphatic heterocycles. The van der Waals surface area contributed by atoms with E-state index in [-0.39, 0.29) is 5.41 Å². The molecule has 0 saturated heterocycles. The van der Waals surface area contributed by atoms with Crippen LogP contribution in [0, 0.1) is 0 Å². The molecule has 0 radical (unpaired) electrons. The van der Waals surface area contributed by atoms with Crippen LogP contribution in [0.25, 0.3) is 0 Å². The number of nitrogens with zero attached hydrogens (tertiary/aromatic N) is 2. The summed E-state index contributed by atoms with van der Waals surface area (Å²) in [6.07, 6.45) is 1.84.